The van der Waals surface area contributed by atoms with Gasteiger partial charge in [-0.25, -0.2) is 0 Å². The number of carboxylic acids is 1. The van der Waals surface area contributed by atoms with Gasteiger partial charge in [-0.05, 0) is 22.4 Å². The van der Waals surface area contributed by atoms with Crippen molar-refractivity contribution in [3.05, 3.63) is 22.4 Å². The van der Waals surface area contributed by atoms with Gasteiger partial charge in [0.05, 0.1) is 39.6 Å². The second-order valence-corrected chi connectivity index (χ2v) is 5.63. The Morgan fingerprint density at radius 2 is 2.17 bits per heavy atom. The van der Waals surface area contributed by atoms with Crippen LogP contribution in [0.2, 0.25) is 0 Å². The summed E-state index contributed by atoms with van der Waals surface area (Å²) >= 11 is 1.56. The normalized spacial score (nSPS) is 11.2. The zero-order chi connectivity index (χ0) is 13.6. The lowest BCUT2D eigenvalue weighted by Gasteiger charge is -2.30. The highest BCUT2D eigenvalue weighted by atomic mass is 32.1. The van der Waals surface area contributed by atoms with Gasteiger partial charge in [0.1, 0.15) is 6.54 Å². The first-order valence-corrected chi connectivity index (χ1v) is 6.63. The summed E-state index contributed by atoms with van der Waals surface area (Å²) in [6, 6.07) is 1.92. The number of thiophene rings is 1. The number of hydrogen-bond acceptors (Lipinski definition) is 4. The molecule has 5 nitrogen and oxygen atoms in total. The van der Waals surface area contributed by atoms with Gasteiger partial charge < -0.3 is 19.7 Å². The Morgan fingerprint density at radius 3 is 2.72 bits per heavy atom. The number of carboxylic acid groups (broad SMARTS) is 1. The molecule has 6 heteroatoms. The molecule has 0 saturated heterocycles. The maximum Gasteiger partial charge on any atom is 0.224 e. The van der Waals surface area contributed by atoms with Crippen molar-refractivity contribution in [3.8, 4) is 0 Å². The van der Waals surface area contributed by atoms with Gasteiger partial charge in [0, 0.05) is 0 Å². The van der Waals surface area contributed by atoms with Crippen LogP contribution in [0.15, 0.2) is 16.8 Å². The molecule has 0 bridgehead atoms. The number of amides is 1. The van der Waals surface area contributed by atoms with Gasteiger partial charge in [0.25, 0.3) is 0 Å². The molecule has 0 unspecified atom stereocenters. The molecule has 1 aromatic heterocycles. The Kier molecular flexibility index (Phi) is 5.30. The number of nitrogens with zero attached hydrogens (tertiary/aromatic N) is 1. The standard InChI is InChI=1S/C12H18N2O3S/c1-14(2,8-12(16)17)5-4-13-11(15)7-10-3-6-18-9-10/h3,6,9H,4-5,7-8H2,1-2H3,(H-,13,15,16,17). The molecule has 1 rings (SSSR count). The number of likely N-dealkylation sites (N-methyl/N-ethyl adjacent to an activating group) is 1. The smallest absolute Gasteiger partial charge is 0.224 e. The molecule has 0 aliphatic rings. The zero-order valence-corrected chi connectivity index (χ0v) is 11.5. The van der Waals surface area contributed by atoms with Crippen LogP contribution in [-0.4, -0.2) is 50.1 Å². The molecule has 0 aliphatic carbocycles. The van der Waals surface area contributed by atoms with Crippen molar-refractivity contribution in [1.29, 1.82) is 0 Å². The van der Waals surface area contributed by atoms with Crippen molar-refractivity contribution in [2.24, 2.45) is 0 Å². The summed E-state index contributed by atoms with van der Waals surface area (Å²) in [5.74, 6) is -1.12. The molecule has 1 heterocycles. The van der Waals surface area contributed by atoms with Crippen LogP contribution in [0.4, 0.5) is 0 Å². The molecule has 100 valence electrons. The molecule has 0 aliphatic heterocycles. The van der Waals surface area contributed by atoms with Gasteiger partial charge in [-0.1, -0.05) is 0 Å². The molecule has 1 aromatic rings. The molecule has 0 aromatic carbocycles. The third-order valence-corrected chi connectivity index (χ3v) is 3.27. The van der Waals surface area contributed by atoms with Crippen LogP contribution in [-0.2, 0) is 16.0 Å². The van der Waals surface area contributed by atoms with E-state index in [1.165, 1.54) is 0 Å². The highest BCUT2D eigenvalue weighted by Gasteiger charge is 2.15. The van der Waals surface area contributed by atoms with Gasteiger partial charge in [-0.2, -0.15) is 11.3 Å². The molecule has 1 amide bonds. The van der Waals surface area contributed by atoms with E-state index in [0.717, 1.165) is 5.56 Å². The summed E-state index contributed by atoms with van der Waals surface area (Å²) in [5, 5.41) is 17.2. The summed E-state index contributed by atoms with van der Waals surface area (Å²) < 4.78 is 0.293. The fraction of sp³-hybridized carbons (Fsp3) is 0.500. The Balaban J connectivity index is 2.25. The topological polar surface area (TPSA) is 69.2 Å². The molecule has 1 N–H and O–H groups in total. The van der Waals surface area contributed by atoms with E-state index in [1.807, 2.05) is 16.8 Å². The number of aliphatic carboxylic acids is 1. The van der Waals surface area contributed by atoms with Crippen molar-refractivity contribution in [2.45, 2.75) is 6.42 Å². The van der Waals surface area contributed by atoms with E-state index >= 15 is 0 Å². The zero-order valence-electron chi connectivity index (χ0n) is 10.6. The Morgan fingerprint density at radius 1 is 1.44 bits per heavy atom. The van der Waals surface area contributed by atoms with Crippen LogP contribution in [0, 0.1) is 0 Å². The van der Waals surface area contributed by atoms with E-state index in [1.54, 1.807) is 25.4 Å². The lowest BCUT2D eigenvalue weighted by Crippen LogP contribution is -2.51. The summed E-state index contributed by atoms with van der Waals surface area (Å²) in [7, 11) is 3.58. The molecular formula is C12H18N2O3S. The maximum absolute atomic E-state index is 11.6. The minimum absolute atomic E-state index is 0.0400. The number of hydrogen-bond donors (Lipinski definition) is 1. The monoisotopic (exact) mass is 270 g/mol. The second-order valence-electron chi connectivity index (χ2n) is 4.85. The first-order chi connectivity index (χ1) is 8.39. The molecule has 0 spiro atoms. The first kappa shape index (κ1) is 14.7. The van der Waals surface area contributed by atoms with Crippen molar-refractivity contribution >= 4 is 23.2 Å². The van der Waals surface area contributed by atoms with Gasteiger partial charge >= 0.3 is 0 Å². The highest BCUT2D eigenvalue weighted by molar-refractivity contribution is 7.07. The minimum Gasteiger partial charge on any atom is -0.544 e. The number of quaternary nitrogens is 1. The SMILES string of the molecule is C[N+](C)(CCNC(=O)Cc1ccsc1)CC(=O)[O-]. The summed E-state index contributed by atoms with van der Waals surface area (Å²) in [6.45, 7) is 0.965. The Bertz CT molecular complexity index is 401. The Labute approximate surface area is 111 Å². The van der Waals surface area contributed by atoms with Crippen LogP contribution in [0.1, 0.15) is 5.56 Å². The second kappa shape index (κ2) is 6.51. The third kappa shape index (κ3) is 5.79. The fourth-order valence-electron chi connectivity index (χ4n) is 1.57. The highest BCUT2D eigenvalue weighted by Crippen LogP contribution is 2.06. The molecule has 0 fully saturated rings. The average molecular weight is 270 g/mol. The number of carbonyl (C=O) groups excluding carboxylic acids is 2. The van der Waals surface area contributed by atoms with Crippen LogP contribution in [0.25, 0.3) is 0 Å². The van der Waals surface area contributed by atoms with Crippen molar-refractivity contribution in [1.82, 2.24) is 5.32 Å². The van der Waals surface area contributed by atoms with Gasteiger partial charge in [-0.3, -0.25) is 4.79 Å². The largest absolute Gasteiger partial charge is 0.544 e. The summed E-state index contributed by atoms with van der Waals surface area (Å²) in [5.41, 5.74) is 1.00. The number of nitrogens with one attached hydrogen (secondary N) is 1. The third-order valence-electron chi connectivity index (χ3n) is 2.54. The molecule has 0 saturated carbocycles. The van der Waals surface area contributed by atoms with Crippen LogP contribution in [0.5, 0.6) is 0 Å². The summed E-state index contributed by atoms with van der Waals surface area (Å²) in [4.78, 5) is 22.1. The molecule has 18 heavy (non-hydrogen) atoms. The molecule has 0 radical (unpaired) electrons. The average Bonchev–Trinajstić information content (AvgIpc) is 2.67. The quantitative estimate of drug-likeness (QED) is 0.662. The van der Waals surface area contributed by atoms with E-state index in [2.05, 4.69) is 5.32 Å². The van der Waals surface area contributed by atoms with Crippen LogP contribution >= 0.6 is 11.3 Å². The fourth-order valence-corrected chi connectivity index (χ4v) is 2.24. The van der Waals surface area contributed by atoms with E-state index in [4.69, 9.17) is 0 Å². The maximum atomic E-state index is 11.6. The van der Waals surface area contributed by atoms with Crippen LogP contribution in [0.3, 0.4) is 0 Å². The molecular weight excluding hydrogens is 252 g/mol. The van der Waals surface area contributed by atoms with Crippen molar-refractivity contribution < 1.29 is 19.2 Å². The van der Waals surface area contributed by atoms with E-state index in [9.17, 15) is 14.7 Å². The van der Waals surface area contributed by atoms with E-state index < -0.39 is 5.97 Å². The summed E-state index contributed by atoms with van der Waals surface area (Å²) in [6.07, 6.45) is 0.372. The molecule has 0 atom stereocenters. The van der Waals surface area contributed by atoms with Crippen molar-refractivity contribution in [2.75, 3.05) is 33.7 Å². The first-order valence-electron chi connectivity index (χ1n) is 5.69. The number of rotatable bonds is 7. The minimum atomic E-state index is -1.08. The number of carbonyl (C=O) groups is 2. The van der Waals surface area contributed by atoms with Gasteiger partial charge in [0.15, 0.2) is 0 Å². The predicted molar refractivity (Wildman–Crippen MR) is 67.9 cm³/mol. The van der Waals surface area contributed by atoms with E-state index in [-0.39, 0.29) is 12.5 Å². The van der Waals surface area contributed by atoms with E-state index in [0.29, 0.717) is 24.0 Å². The van der Waals surface area contributed by atoms with Crippen LogP contribution < -0.4 is 10.4 Å². The lowest BCUT2D eigenvalue weighted by atomic mass is 10.2. The lowest BCUT2D eigenvalue weighted by molar-refractivity contribution is -0.883. The van der Waals surface area contributed by atoms with Crippen molar-refractivity contribution in [3.63, 3.8) is 0 Å². The predicted octanol–water partition coefficient (Wildman–Crippen LogP) is -0.767. The van der Waals surface area contributed by atoms with Gasteiger partial charge in [0.2, 0.25) is 5.91 Å². The van der Waals surface area contributed by atoms with Gasteiger partial charge in [-0.15, -0.1) is 0 Å². The Hall–Kier alpha value is -1.40.